The third-order valence-corrected chi connectivity index (χ3v) is 3.27. The molecule has 0 saturated carbocycles. The quantitative estimate of drug-likeness (QED) is 0.606. The van der Waals surface area contributed by atoms with Gasteiger partial charge in [0.15, 0.2) is 0 Å². The van der Waals surface area contributed by atoms with Crippen molar-refractivity contribution in [3.05, 3.63) is 46.3 Å². The molecule has 0 spiro atoms. The van der Waals surface area contributed by atoms with Gasteiger partial charge in [-0.05, 0) is 19.1 Å². The molecule has 2 rings (SSSR count). The number of nitrogens with one attached hydrogen (secondary N) is 1. The van der Waals surface area contributed by atoms with Gasteiger partial charge in [-0.15, -0.1) is 0 Å². The first kappa shape index (κ1) is 16.9. The number of nitro groups is 1. The number of carbonyl (C=O) groups is 2. The van der Waals surface area contributed by atoms with Gasteiger partial charge in [0, 0.05) is 12.3 Å². The van der Waals surface area contributed by atoms with E-state index in [0.717, 1.165) is 4.68 Å². The lowest BCUT2D eigenvalue weighted by Crippen LogP contribution is -2.24. The number of nitrogens with zero attached hydrogens (tertiary/aromatic N) is 3. The first-order chi connectivity index (χ1) is 11.3. The Bertz CT molecular complexity index is 800. The Morgan fingerprint density at radius 2 is 2.12 bits per heavy atom. The number of benzene rings is 1. The molecule has 1 amide bonds. The van der Waals surface area contributed by atoms with E-state index in [4.69, 9.17) is 9.84 Å². The van der Waals surface area contributed by atoms with E-state index in [9.17, 15) is 19.7 Å². The van der Waals surface area contributed by atoms with E-state index in [1.165, 1.54) is 44.5 Å². The first-order valence-corrected chi connectivity index (χ1v) is 6.75. The summed E-state index contributed by atoms with van der Waals surface area (Å²) in [5.74, 6) is -1.65. The van der Waals surface area contributed by atoms with Gasteiger partial charge in [0.2, 0.25) is 0 Å². The number of hydrogen-bond acceptors (Lipinski definition) is 6. The van der Waals surface area contributed by atoms with E-state index in [0.29, 0.717) is 0 Å². The Morgan fingerprint density at radius 1 is 1.42 bits per heavy atom. The zero-order chi connectivity index (χ0) is 17.9. The molecule has 0 saturated heterocycles. The summed E-state index contributed by atoms with van der Waals surface area (Å²) in [5.41, 5.74) is 0.0588. The van der Waals surface area contributed by atoms with E-state index in [-0.39, 0.29) is 22.8 Å². The average molecular weight is 334 g/mol. The van der Waals surface area contributed by atoms with Gasteiger partial charge < -0.3 is 15.2 Å². The Labute approximate surface area is 135 Å². The monoisotopic (exact) mass is 334 g/mol. The Balaban J connectivity index is 2.29. The topological polar surface area (TPSA) is 137 Å². The van der Waals surface area contributed by atoms with Crippen LogP contribution < -0.4 is 10.1 Å². The minimum atomic E-state index is -1.14. The molecule has 0 aliphatic heterocycles. The van der Waals surface area contributed by atoms with Crippen LogP contribution in [0.5, 0.6) is 5.75 Å². The van der Waals surface area contributed by atoms with Crippen molar-refractivity contribution in [3.63, 3.8) is 0 Å². The van der Waals surface area contributed by atoms with Crippen LogP contribution in [0.1, 0.15) is 23.5 Å². The van der Waals surface area contributed by atoms with Crippen molar-refractivity contribution in [1.29, 1.82) is 0 Å². The highest BCUT2D eigenvalue weighted by molar-refractivity contribution is 6.04. The number of aliphatic carboxylic acids is 1. The Hall–Kier alpha value is -3.43. The van der Waals surface area contributed by atoms with Gasteiger partial charge in [0.25, 0.3) is 11.6 Å². The molecule has 0 radical (unpaired) electrons. The number of rotatable bonds is 6. The Kier molecular flexibility index (Phi) is 4.78. The maximum atomic E-state index is 12.4. The SMILES string of the molecule is COc1cc([N+](=O)[O-])ccc1NC(=O)c1ccnn1C(C)C(=O)O. The van der Waals surface area contributed by atoms with Crippen LogP contribution in [0.2, 0.25) is 0 Å². The van der Waals surface area contributed by atoms with Gasteiger partial charge >= 0.3 is 5.97 Å². The standard InChI is InChI=1S/C14H14N4O6/c1-8(14(20)21)17-11(5-6-15-17)13(19)16-10-4-3-9(18(22)23)7-12(10)24-2/h3-8H,1-2H3,(H,16,19)(H,20,21). The van der Waals surface area contributed by atoms with Crippen molar-refractivity contribution < 1.29 is 24.4 Å². The number of hydrogen-bond donors (Lipinski definition) is 2. The fourth-order valence-electron chi connectivity index (χ4n) is 1.99. The van der Waals surface area contributed by atoms with E-state index in [2.05, 4.69) is 10.4 Å². The van der Waals surface area contributed by atoms with Gasteiger partial charge in [-0.25, -0.2) is 9.48 Å². The van der Waals surface area contributed by atoms with E-state index < -0.39 is 22.8 Å². The number of carbonyl (C=O) groups excluding carboxylic acids is 1. The summed E-state index contributed by atoms with van der Waals surface area (Å²) >= 11 is 0. The fraction of sp³-hybridized carbons (Fsp3) is 0.214. The second-order valence-corrected chi connectivity index (χ2v) is 4.77. The molecule has 1 unspecified atom stereocenters. The van der Waals surface area contributed by atoms with Gasteiger partial charge in [-0.3, -0.25) is 14.9 Å². The van der Waals surface area contributed by atoms with Crippen LogP contribution in [0.3, 0.4) is 0 Å². The molecule has 0 aliphatic rings. The van der Waals surface area contributed by atoms with Crippen LogP contribution in [0.25, 0.3) is 0 Å². The third kappa shape index (κ3) is 3.32. The summed E-state index contributed by atoms with van der Waals surface area (Å²) in [6.07, 6.45) is 1.31. The van der Waals surface area contributed by atoms with Crippen LogP contribution in [0.4, 0.5) is 11.4 Å². The van der Waals surface area contributed by atoms with Crippen molar-refractivity contribution in [2.75, 3.05) is 12.4 Å². The van der Waals surface area contributed by atoms with Gasteiger partial charge in [-0.2, -0.15) is 5.10 Å². The van der Waals surface area contributed by atoms with Crippen LogP contribution in [-0.2, 0) is 4.79 Å². The number of aromatic nitrogens is 2. The minimum absolute atomic E-state index is 0.0327. The van der Waals surface area contributed by atoms with E-state index in [1.54, 1.807) is 0 Å². The largest absolute Gasteiger partial charge is 0.494 e. The maximum absolute atomic E-state index is 12.4. The fourth-order valence-corrected chi connectivity index (χ4v) is 1.99. The predicted molar refractivity (Wildman–Crippen MR) is 82.2 cm³/mol. The number of non-ortho nitro benzene ring substituents is 1. The van der Waals surface area contributed by atoms with E-state index >= 15 is 0 Å². The molecule has 10 heteroatoms. The molecule has 0 bridgehead atoms. The zero-order valence-corrected chi connectivity index (χ0v) is 12.8. The number of amides is 1. The van der Waals surface area contributed by atoms with Crippen LogP contribution in [-0.4, -0.2) is 38.8 Å². The first-order valence-electron chi connectivity index (χ1n) is 6.75. The van der Waals surface area contributed by atoms with Crippen molar-refractivity contribution in [1.82, 2.24) is 9.78 Å². The van der Waals surface area contributed by atoms with Crippen LogP contribution in [0.15, 0.2) is 30.5 Å². The lowest BCUT2D eigenvalue weighted by atomic mass is 10.2. The normalized spacial score (nSPS) is 11.6. The van der Waals surface area contributed by atoms with Gasteiger partial charge in [-0.1, -0.05) is 0 Å². The highest BCUT2D eigenvalue weighted by Crippen LogP contribution is 2.29. The van der Waals surface area contributed by atoms with Crippen molar-refractivity contribution in [2.45, 2.75) is 13.0 Å². The number of carboxylic acid groups (broad SMARTS) is 1. The number of anilines is 1. The molecule has 0 aliphatic carbocycles. The smallest absolute Gasteiger partial charge is 0.328 e. The van der Waals surface area contributed by atoms with Crippen molar-refractivity contribution >= 4 is 23.3 Å². The summed E-state index contributed by atoms with van der Waals surface area (Å²) in [5, 5.41) is 26.2. The van der Waals surface area contributed by atoms with Crippen LogP contribution >= 0.6 is 0 Å². The summed E-state index contributed by atoms with van der Waals surface area (Å²) in [4.78, 5) is 33.6. The maximum Gasteiger partial charge on any atom is 0.328 e. The van der Waals surface area contributed by atoms with Crippen molar-refractivity contribution in [2.24, 2.45) is 0 Å². The second kappa shape index (κ2) is 6.77. The molecule has 1 atom stereocenters. The van der Waals surface area contributed by atoms with Gasteiger partial charge in [0.05, 0.1) is 23.8 Å². The molecular weight excluding hydrogens is 320 g/mol. The number of ether oxygens (including phenoxy) is 1. The molecule has 2 N–H and O–H groups in total. The molecule has 126 valence electrons. The number of nitro benzene ring substituents is 1. The third-order valence-electron chi connectivity index (χ3n) is 3.27. The highest BCUT2D eigenvalue weighted by Gasteiger charge is 2.22. The number of methoxy groups -OCH3 is 1. The molecule has 0 fully saturated rings. The molecule has 24 heavy (non-hydrogen) atoms. The molecule has 1 aromatic carbocycles. The van der Waals surface area contributed by atoms with Gasteiger partial charge in [0.1, 0.15) is 17.5 Å². The average Bonchev–Trinajstić information content (AvgIpc) is 3.03. The summed E-state index contributed by atoms with van der Waals surface area (Å²) in [6, 6.07) is 4.06. The summed E-state index contributed by atoms with van der Waals surface area (Å²) < 4.78 is 6.10. The highest BCUT2D eigenvalue weighted by atomic mass is 16.6. The lowest BCUT2D eigenvalue weighted by Gasteiger charge is -2.13. The lowest BCUT2D eigenvalue weighted by molar-refractivity contribution is -0.384. The van der Waals surface area contributed by atoms with E-state index in [1.807, 2.05) is 0 Å². The predicted octanol–water partition coefficient (Wildman–Crippen LogP) is 1.70. The summed E-state index contributed by atoms with van der Waals surface area (Å²) in [7, 11) is 1.31. The number of carboxylic acids is 1. The summed E-state index contributed by atoms with van der Waals surface area (Å²) in [6.45, 7) is 1.39. The van der Waals surface area contributed by atoms with Crippen molar-refractivity contribution in [3.8, 4) is 5.75 Å². The molecule has 1 heterocycles. The zero-order valence-electron chi connectivity index (χ0n) is 12.8. The molecule has 10 nitrogen and oxygen atoms in total. The second-order valence-electron chi connectivity index (χ2n) is 4.77. The molecule has 1 aromatic heterocycles. The molecule has 2 aromatic rings. The van der Waals surface area contributed by atoms with Crippen LogP contribution in [0, 0.1) is 10.1 Å². The minimum Gasteiger partial charge on any atom is -0.494 e. The molecular formula is C14H14N4O6. The Morgan fingerprint density at radius 3 is 2.71 bits per heavy atom.